The number of rotatable bonds is 3. The van der Waals surface area contributed by atoms with Crippen LogP contribution in [0.15, 0.2) is 18.2 Å². The lowest BCUT2D eigenvalue weighted by atomic mass is 10.3. The maximum Gasteiger partial charge on any atom is 0.325 e. The summed E-state index contributed by atoms with van der Waals surface area (Å²) in [6.07, 6.45) is 0.0267. The quantitative estimate of drug-likeness (QED) is 0.836. The molecule has 1 aromatic rings. The van der Waals surface area contributed by atoms with Gasteiger partial charge in [0.05, 0.1) is 0 Å². The van der Waals surface area contributed by atoms with Crippen molar-refractivity contribution in [3.63, 3.8) is 0 Å². The summed E-state index contributed by atoms with van der Waals surface area (Å²) < 4.78 is 12.9. The van der Waals surface area contributed by atoms with Crippen LogP contribution in [0.5, 0.6) is 0 Å². The molecular formula is C10H9Cl2FN2O2. The maximum absolute atomic E-state index is 12.9. The molecular weight excluding hydrogens is 270 g/mol. The van der Waals surface area contributed by atoms with E-state index in [4.69, 9.17) is 23.2 Å². The van der Waals surface area contributed by atoms with Crippen LogP contribution in [0.2, 0.25) is 5.02 Å². The number of hydrogen-bond acceptors (Lipinski definition) is 2. The molecule has 0 unspecified atom stereocenters. The number of imide groups is 1. The summed E-state index contributed by atoms with van der Waals surface area (Å²) in [4.78, 5) is 22.3. The van der Waals surface area contributed by atoms with E-state index >= 15 is 0 Å². The van der Waals surface area contributed by atoms with Crippen molar-refractivity contribution < 1.29 is 14.0 Å². The van der Waals surface area contributed by atoms with Gasteiger partial charge in [-0.25, -0.2) is 9.18 Å². The van der Waals surface area contributed by atoms with Crippen molar-refractivity contribution in [1.29, 1.82) is 0 Å². The van der Waals surface area contributed by atoms with Crippen LogP contribution in [-0.4, -0.2) is 17.8 Å². The topological polar surface area (TPSA) is 58.2 Å². The number of carbonyl (C=O) groups is 2. The van der Waals surface area contributed by atoms with E-state index in [1.807, 2.05) is 5.32 Å². The molecule has 1 rings (SSSR count). The fourth-order valence-electron chi connectivity index (χ4n) is 1.06. The minimum atomic E-state index is -0.762. The highest BCUT2D eigenvalue weighted by Crippen LogP contribution is 2.17. The van der Waals surface area contributed by atoms with Crippen LogP contribution < -0.4 is 10.6 Å². The monoisotopic (exact) mass is 278 g/mol. The van der Waals surface area contributed by atoms with Gasteiger partial charge in [0.1, 0.15) is 5.82 Å². The molecule has 1 aromatic carbocycles. The highest BCUT2D eigenvalue weighted by molar-refractivity contribution is 6.31. The molecule has 0 spiro atoms. The van der Waals surface area contributed by atoms with Gasteiger partial charge in [0, 0.05) is 23.0 Å². The second-order valence-corrected chi connectivity index (χ2v) is 3.91. The van der Waals surface area contributed by atoms with Gasteiger partial charge >= 0.3 is 6.03 Å². The van der Waals surface area contributed by atoms with E-state index < -0.39 is 17.8 Å². The predicted octanol–water partition coefficient (Wildman–Crippen LogP) is 2.76. The Morgan fingerprint density at radius 1 is 1.29 bits per heavy atom. The first-order chi connectivity index (χ1) is 8.01. The van der Waals surface area contributed by atoms with Crippen LogP contribution in [-0.2, 0) is 4.79 Å². The number of alkyl halides is 1. The van der Waals surface area contributed by atoms with E-state index in [9.17, 15) is 14.0 Å². The van der Waals surface area contributed by atoms with Crippen molar-refractivity contribution in [3.8, 4) is 0 Å². The molecule has 17 heavy (non-hydrogen) atoms. The number of nitrogens with one attached hydrogen (secondary N) is 2. The number of anilines is 1. The lowest BCUT2D eigenvalue weighted by Crippen LogP contribution is -2.34. The van der Waals surface area contributed by atoms with Crippen molar-refractivity contribution in [2.75, 3.05) is 11.2 Å². The van der Waals surface area contributed by atoms with Crippen molar-refractivity contribution in [2.24, 2.45) is 0 Å². The number of halogens is 3. The number of hydrogen-bond donors (Lipinski definition) is 2. The van der Waals surface area contributed by atoms with Gasteiger partial charge in [-0.1, -0.05) is 11.6 Å². The fourth-order valence-corrected chi connectivity index (χ4v) is 1.46. The summed E-state index contributed by atoms with van der Waals surface area (Å²) in [5.74, 6) is -0.981. The van der Waals surface area contributed by atoms with Gasteiger partial charge in [-0.05, 0) is 18.2 Å². The van der Waals surface area contributed by atoms with Crippen molar-refractivity contribution >= 4 is 40.8 Å². The zero-order valence-corrected chi connectivity index (χ0v) is 10.1. The minimum absolute atomic E-state index is 0.0267. The number of carbonyl (C=O) groups excluding carboxylic acids is 2. The molecule has 0 heterocycles. The zero-order valence-electron chi connectivity index (χ0n) is 8.60. The molecule has 2 N–H and O–H groups in total. The zero-order chi connectivity index (χ0) is 12.8. The maximum atomic E-state index is 12.9. The molecule has 0 saturated heterocycles. The molecule has 3 amide bonds. The normalized spacial score (nSPS) is 9.82. The summed E-state index contributed by atoms with van der Waals surface area (Å²) in [5, 5.41) is 4.45. The van der Waals surface area contributed by atoms with Crippen molar-refractivity contribution in [2.45, 2.75) is 6.42 Å². The van der Waals surface area contributed by atoms with Gasteiger partial charge in [-0.15, -0.1) is 11.6 Å². The molecule has 0 atom stereocenters. The van der Waals surface area contributed by atoms with Gasteiger partial charge in [-0.3, -0.25) is 10.1 Å². The summed E-state index contributed by atoms with van der Waals surface area (Å²) in [7, 11) is 0. The molecule has 0 aliphatic heterocycles. The van der Waals surface area contributed by atoms with E-state index in [-0.39, 0.29) is 23.0 Å². The predicted molar refractivity (Wildman–Crippen MR) is 63.9 cm³/mol. The van der Waals surface area contributed by atoms with E-state index in [0.717, 1.165) is 12.1 Å². The second kappa shape index (κ2) is 6.42. The molecule has 92 valence electrons. The third-order valence-corrected chi connectivity index (χ3v) is 2.10. The highest BCUT2D eigenvalue weighted by Gasteiger charge is 2.08. The Labute approximate surface area is 107 Å². The lowest BCUT2D eigenvalue weighted by Gasteiger charge is -2.06. The van der Waals surface area contributed by atoms with E-state index in [2.05, 4.69) is 5.32 Å². The van der Waals surface area contributed by atoms with E-state index in [1.165, 1.54) is 6.07 Å². The van der Waals surface area contributed by atoms with Crippen LogP contribution in [0.1, 0.15) is 6.42 Å². The van der Waals surface area contributed by atoms with Crippen molar-refractivity contribution in [1.82, 2.24) is 5.32 Å². The van der Waals surface area contributed by atoms with Crippen LogP contribution >= 0.6 is 23.2 Å². The smallest absolute Gasteiger partial charge is 0.307 e. The summed E-state index contributed by atoms with van der Waals surface area (Å²) in [6, 6.07) is 2.78. The largest absolute Gasteiger partial charge is 0.325 e. The average Bonchev–Trinajstić information content (AvgIpc) is 2.14. The molecule has 4 nitrogen and oxygen atoms in total. The van der Waals surface area contributed by atoms with Crippen molar-refractivity contribution in [3.05, 3.63) is 29.0 Å². The second-order valence-electron chi connectivity index (χ2n) is 3.10. The fraction of sp³-hybridized carbons (Fsp3) is 0.200. The van der Waals surface area contributed by atoms with Gasteiger partial charge in [-0.2, -0.15) is 0 Å². The molecule has 0 radical (unpaired) electrons. The molecule has 7 heteroatoms. The van der Waals surface area contributed by atoms with Crippen LogP contribution in [0.3, 0.4) is 0 Å². The first kappa shape index (κ1) is 13.7. The summed E-state index contributed by atoms with van der Waals surface area (Å²) >= 11 is 10.9. The Kier molecular flexibility index (Phi) is 5.18. The molecule has 0 bridgehead atoms. The summed E-state index contributed by atoms with van der Waals surface area (Å²) in [5.41, 5.74) is 0.158. The third-order valence-electron chi connectivity index (χ3n) is 1.69. The van der Waals surface area contributed by atoms with Gasteiger partial charge < -0.3 is 5.32 Å². The number of urea groups is 1. The Morgan fingerprint density at radius 3 is 2.59 bits per heavy atom. The van der Waals surface area contributed by atoms with Crippen LogP contribution in [0.4, 0.5) is 14.9 Å². The molecule has 0 fully saturated rings. The number of benzene rings is 1. The molecule has 0 saturated carbocycles. The Hall–Kier alpha value is -1.33. The molecule has 0 aromatic heterocycles. The Balaban J connectivity index is 2.59. The van der Waals surface area contributed by atoms with E-state index in [1.54, 1.807) is 0 Å². The van der Waals surface area contributed by atoms with Gasteiger partial charge in [0.2, 0.25) is 5.91 Å². The van der Waals surface area contributed by atoms with Gasteiger partial charge in [0.15, 0.2) is 0 Å². The highest BCUT2D eigenvalue weighted by atomic mass is 35.5. The van der Waals surface area contributed by atoms with Crippen LogP contribution in [0.25, 0.3) is 0 Å². The van der Waals surface area contributed by atoms with Gasteiger partial charge in [0.25, 0.3) is 0 Å². The lowest BCUT2D eigenvalue weighted by molar-refractivity contribution is -0.119. The Bertz CT molecular complexity index is 420. The Morgan fingerprint density at radius 2 is 2.00 bits per heavy atom. The minimum Gasteiger partial charge on any atom is -0.307 e. The summed E-state index contributed by atoms with van der Waals surface area (Å²) in [6.45, 7) is 0. The molecule has 0 aliphatic carbocycles. The SMILES string of the molecule is O=C(CCCl)NC(=O)Nc1cc(F)cc(Cl)c1. The first-order valence-electron chi connectivity index (χ1n) is 4.64. The third kappa shape index (κ3) is 5.01. The first-order valence-corrected chi connectivity index (χ1v) is 5.55. The van der Waals surface area contributed by atoms with E-state index in [0.29, 0.717) is 0 Å². The van der Waals surface area contributed by atoms with Crippen LogP contribution in [0, 0.1) is 5.82 Å². The number of amides is 3. The average molecular weight is 279 g/mol. The molecule has 0 aliphatic rings. The standard InChI is InChI=1S/C10H9Cl2FN2O2/c11-2-1-9(16)15-10(17)14-8-4-6(12)3-7(13)5-8/h3-5H,1-2H2,(H2,14,15,16,17).